The number of oxazole rings is 1. The van der Waals surface area contributed by atoms with E-state index in [0.717, 1.165) is 30.6 Å². The number of carbonyl (C=O) groups excluding carboxylic acids is 1. The summed E-state index contributed by atoms with van der Waals surface area (Å²) >= 11 is 0. The first-order valence-corrected chi connectivity index (χ1v) is 7.33. The van der Waals surface area contributed by atoms with Gasteiger partial charge in [0.2, 0.25) is 0 Å². The number of methoxy groups -OCH3 is 1. The van der Waals surface area contributed by atoms with Crippen molar-refractivity contribution in [3.05, 3.63) is 36.9 Å². The molecule has 1 fully saturated rings. The van der Waals surface area contributed by atoms with E-state index in [4.69, 9.17) is 9.15 Å². The van der Waals surface area contributed by atoms with Crippen molar-refractivity contribution in [1.29, 1.82) is 0 Å². The highest BCUT2D eigenvalue weighted by Gasteiger charge is 2.28. The molecule has 1 saturated heterocycles. The second-order valence-electron chi connectivity index (χ2n) is 5.32. The Morgan fingerprint density at radius 1 is 1.55 bits per heavy atom. The average molecular weight is 301 g/mol. The summed E-state index contributed by atoms with van der Waals surface area (Å²) in [5, 5.41) is 2.94. The zero-order valence-corrected chi connectivity index (χ0v) is 12.5. The number of anilines is 1. The molecule has 1 aromatic heterocycles. The minimum atomic E-state index is -0.0886. The monoisotopic (exact) mass is 301 g/mol. The Kier molecular flexibility index (Phi) is 4.39. The van der Waals surface area contributed by atoms with Crippen molar-refractivity contribution in [3.63, 3.8) is 0 Å². The minimum absolute atomic E-state index is 0.0886. The van der Waals surface area contributed by atoms with E-state index in [1.54, 1.807) is 13.3 Å². The molecule has 3 rings (SSSR count). The first-order valence-electron chi connectivity index (χ1n) is 7.33. The number of amides is 2. The van der Waals surface area contributed by atoms with Crippen LogP contribution in [0.25, 0.3) is 11.3 Å². The van der Waals surface area contributed by atoms with Gasteiger partial charge in [0.25, 0.3) is 0 Å². The third-order valence-electron chi connectivity index (χ3n) is 3.83. The van der Waals surface area contributed by atoms with E-state index in [1.807, 2.05) is 29.2 Å². The van der Waals surface area contributed by atoms with E-state index in [0.29, 0.717) is 12.4 Å². The maximum absolute atomic E-state index is 12.4. The van der Waals surface area contributed by atoms with Crippen LogP contribution in [0.15, 0.2) is 41.3 Å². The molecule has 2 amide bonds. The fourth-order valence-corrected chi connectivity index (χ4v) is 2.77. The van der Waals surface area contributed by atoms with Crippen molar-refractivity contribution in [3.8, 4) is 11.3 Å². The van der Waals surface area contributed by atoms with E-state index in [1.165, 1.54) is 6.39 Å². The van der Waals surface area contributed by atoms with Gasteiger partial charge in [0.05, 0.1) is 18.8 Å². The largest absolute Gasteiger partial charge is 0.444 e. The third kappa shape index (κ3) is 3.12. The maximum atomic E-state index is 12.4. The minimum Gasteiger partial charge on any atom is -0.444 e. The number of carbonyl (C=O) groups is 1. The van der Waals surface area contributed by atoms with Crippen molar-refractivity contribution >= 4 is 11.7 Å². The predicted molar refractivity (Wildman–Crippen MR) is 82.6 cm³/mol. The molecule has 116 valence electrons. The lowest BCUT2D eigenvalue weighted by Gasteiger charge is -2.24. The van der Waals surface area contributed by atoms with Crippen molar-refractivity contribution in [2.75, 3.05) is 25.6 Å². The number of aromatic nitrogens is 1. The molecule has 1 aliphatic rings. The highest BCUT2D eigenvalue weighted by molar-refractivity contribution is 5.90. The molecule has 2 heterocycles. The van der Waals surface area contributed by atoms with Crippen LogP contribution in [0.2, 0.25) is 0 Å². The molecular formula is C16H19N3O3. The Morgan fingerprint density at radius 2 is 2.45 bits per heavy atom. The first-order chi connectivity index (χ1) is 10.8. The van der Waals surface area contributed by atoms with Crippen LogP contribution >= 0.6 is 0 Å². The molecule has 22 heavy (non-hydrogen) atoms. The lowest BCUT2D eigenvalue weighted by molar-refractivity contribution is 0.128. The smallest absolute Gasteiger partial charge is 0.322 e. The number of nitrogens with zero attached hydrogens (tertiary/aromatic N) is 2. The molecule has 1 aliphatic heterocycles. The van der Waals surface area contributed by atoms with Gasteiger partial charge in [0.15, 0.2) is 12.2 Å². The molecule has 0 unspecified atom stereocenters. The van der Waals surface area contributed by atoms with Gasteiger partial charge in [-0.3, -0.25) is 0 Å². The van der Waals surface area contributed by atoms with Gasteiger partial charge in [0, 0.05) is 24.9 Å². The van der Waals surface area contributed by atoms with Gasteiger partial charge in [-0.25, -0.2) is 9.78 Å². The third-order valence-corrected chi connectivity index (χ3v) is 3.83. The summed E-state index contributed by atoms with van der Waals surface area (Å²) in [5.41, 5.74) is 1.62. The van der Waals surface area contributed by atoms with Crippen molar-refractivity contribution in [2.24, 2.45) is 0 Å². The number of rotatable bonds is 4. The molecule has 1 atom stereocenters. The fraction of sp³-hybridized carbons (Fsp3) is 0.375. The van der Waals surface area contributed by atoms with Crippen molar-refractivity contribution in [2.45, 2.75) is 18.9 Å². The second kappa shape index (κ2) is 6.62. The van der Waals surface area contributed by atoms with E-state index in [9.17, 15) is 4.79 Å². The van der Waals surface area contributed by atoms with Gasteiger partial charge >= 0.3 is 6.03 Å². The van der Waals surface area contributed by atoms with Gasteiger partial charge in [-0.15, -0.1) is 0 Å². The standard InChI is InChI=1S/C16H19N3O3/c1-21-10-14-6-3-7-19(14)16(20)18-13-5-2-4-12(8-13)15-9-17-11-22-15/h2,4-5,8-9,11,14H,3,6-7,10H2,1H3,(H,18,20)/t14-/m0/s1. The Morgan fingerprint density at radius 3 is 3.23 bits per heavy atom. The number of hydrogen-bond donors (Lipinski definition) is 1. The topological polar surface area (TPSA) is 67.6 Å². The maximum Gasteiger partial charge on any atom is 0.322 e. The summed E-state index contributed by atoms with van der Waals surface area (Å²) in [6, 6.07) is 7.60. The predicted octanol–water partition coefficient (Wildman–Crippen LogP) is 2.98. The van der Waals surface area contributed by atoms with E-state index in [-0.39, 0.29) is 12.1 Å². The van der Waals surface area contributed by atoms with Crippen LogP contribution in [0.5, 0.6) is 0 Å². The van der Waals surface area contributed by atoms with E-state index in [2.05, 4.69) is 10.3 Å². The summed E-state index contributed by atoms with van der Waals surface area (Å²) in [4.78, 5) is 18.2. The van der Waals surface area contributed by atoms with E-state index >= 15 is 0 Å². The number of benzene rings is 1. The molecule has 0 bridgehead atoms. The SMILES string of the molecule is COC[C@@H]1CCCN1C(=O)Nc1cccc(-c2cnco2)c1. The molecule has 0 saturated carbocycles. The Balaban J connectivity index is 1.70. The number of ether oxygens (including phenoxy) is 1. The lowest BCUT2D eigenvalue weighted by atomic mass is 10.1. The van der Waals surface area contributed by atoms with E-state index < -0.39 is 0 Å². The van der Waals surface area contributed by atoms with Gasteiger partial charge < -0.3 is 19.4 Å². The molecule has 0 spiro atoms. The highest BCUT2D eigenvalue weighted by Crippen LogP contribution is 2.23. The van der Waals surface area contributed by atoms with Crippen LogP contribution in [0, 0.1) is 0 Å². The van der Waals surface area contributed by atoms with Crippen LogP contribution in [0.3, 0.4) is 0 Å². The van der Waals surface area contributed by atoms with Crippen molar-refractivity contribution < 1.29 is 13.9 Å². The normalized spacial score (nSPS) is 17.7. The molecular weight excluding hydrogens is 282 g/mol. The molecule has 6 heteroatoms. The summed E-state index contributed by atoms with van der Waals surface area (Å²) < 4.78 is 10.5. The van der Waals surface area contributed by atoms with Gasteiger partial charge in [-0.2, -0.15) is 0 Å². The first kappa shape index (κ1) is 14.6. The highest BCUT2D eigenvalue weighted by atomic mass is 16.5. The van der Waals surface area contributed by atoms with Gasteiger partial charge in [-0.1, -0.05) is 12.1 Å². The Hall–Kier alpha value is -2.34. The molecule has 0 radical (unpaired) electrons. The number of urea groups is 1. The number of hydrogen-bond acceptors (Lipinski definition) is 4. The second-order valence-corrected chi connectivity index (χ2v) is 5.32. The number of nitrogens with one attached hydrogen (secondary N) is 1. The molecule has 1 aromatic carbocycles. The van der Waals surface area contributed by atoms with Crippen LogP contribution in [-0.4, -0.2) is 42.2 Å². The molecule has 1 N–H and O–H groups in total. The number of likely N-dealkylation sites (tertiary alicyclic amines) is 1. The van der Waals surface area contributed by atoms with Crippen LogP contribution < -0.4 is 5.32 Å². The zero-order valence-electron chi connectivity index (χ0n) is 12.5. The molecule has 6 nitrogen and oxygen atoms in total. The quantitative estimate of drug-likeness (QED) is 0.942. The fourth-order valence-electron chi connectivity index (χ4n) is 2.77. The van der Waals surface area contributed by atoms with Gasteiger partial charge in [-0.05, 0) is 25.0 Å². The summed E-state index contributed by atoms with van der Waals surface area (Å²) in [6.45, 7) is 1.34. The summed E-state index contributed by atoms with van der Waals surface area (Å²) in [6.07, 6.45) is 5.04. The average Bonchev–Trinajstić information content (AvgIpc) is 3.19. The van der Waals surface area contributed by atoms with Crippen LogP contribution in [-0.2, 0) is 4.74 Å². The Bertz CT molecular complexity index is 627. The molecule has 2 aromatic rings. The van der Waals surface area contributed by atoms with Crippen LogP contribution in [0.4, 0.5) is 10.5 Å². The zero-order chi connectivity index (χ0) is 15.4. The van der Waals surface area contributed by atoms with Gasteiger partial charge in [0.1, 0.15) is 0 Å². The van der Waals surface area contributed by atoms with Crippen LogP contribution in [0.1, 0.15) is 12.8 Å². The molecule has 0 aliphatic carbocycles. The summed E-state index contributed by atoms with van der Waals surface area (Å²) in [5.74, 6) is 0.675. The lowest BCUT2D eigenvalue weighted by Crippen LogP contribution is -2.40. The Labute approximate surface area is 129 Å². The summed E-state index contributed by atoms with van der Waals surface area (Å²) in [7, 11) is 1.66. The van der Waals surface area contributed by atoms with Crippen molar-refractivity contribution in [1.82, 2.24) is 9.88 Å².